The molecule has 1 aliphatic heterocycles. The summed E-state index contributed by atoms with van der Waals surface area (Å²) in [4.78, 5) is 120. The molecule has 4 heterocycles. The normalized spacial score (nSPS) is 13.3. The van der Waals surface area contributed by atoms with Crippen molar-refractivity contribution in [2.75, 3.05) is 37.0 Å². The highest BCUT2D eigenvalue weighted by atomic mass is 16.5. The highest BCUT2D eigenvalue weighted by Crippen LogP contribution is 2.25. The van der Waals surface area contributed by atoms with Crippen molar-refractivity contribution >= 4 is 75.9 Å². The van der Waals surface area contributed by atoms with E-state index in [1.807, 2.05) is 0 Å². The summed E-state index contributed by atoms with van der Waals surface area (Å²) in [5.41, 5.74) is 12.7. The minimum absolute atomic E-state index is 0.0163. The number of aromatic hydroxyl groups is 1. The van der Waals surface area contributed by atoms with Gasteiger partial charge in [-0.1, -0.05) is 26.3 Å². The number of aromatic nitrogens is 8. The number of fused-ring (bicyclic) bond motifs is 1. The van der Waals surface area contributed by atoms with Gasteiger partial charge < -0.3 is 52.6 Å². The van der Waals surface area contributed by atoms with E-state index in [0.717, 1.165) is 12.0 Å². The Balaban J connectivity index is 0.976. The highest BCUT2D eigenvalue weighted by molar-refractivity contribution is 6.13. The SMILES string of the molecule is COC(=O)[C@H](CCCNC(=O)c1ccc(NC(=O)[C@H](C)NC(=O)[C@@H](NC(=O)CCCCCN2C(=O)C=CC2=O)C(C)C)cc1-c1nnn[nH]1)NC(=O)c1ccc(COc2cnc3nc(N)nc(N)c3n2)cc1O. The monoisotopic (exact) mass is 1010 g/mol. The predicted octanol–water partition coefficient (Wildman–Crippen LogP) is 0.600. The minimum Gasteiger partial charge on any atom is -0.507 e. The number of H-pyrrole nitrogens is 1. The van der Waals surface area contributed by atoms with E-state index < -0.39 is 53.5 Å². The molecular formula is C46H54N16O11. The van der Waals surface area contributed by atoms with Crippen LogP contribution in [0.5, 0.6) is 11.6 Å². The molecule has 0 bridgehead atoms. The van der Waals surface area contributed by atoms with E-state index >= 15 is 0 Å². The summed E-state index contributed by atoms with van der Waals surface area (Å²) in [6, 6.07) is 5.36. The van der Waals surface area contributed by atoms with Crippen LogP contribution < -0.4 is 42.8 Å². The third-order valence-corrected chi connectivity index (χ3v) is 11.2. The molecule has 3 aromatic heterocycles. The number of esters is 1. The molecule has 0 spiro atoms. The number of phenols is 1. The fraction of sp³-hybridized carbons (Fsp3) is 0.370. The van der Waals surface area contributed by atoms with Gasteiger partial charge in [0.1, 0.15) is 30.5 Å². The summed E-state index contributed by atoms with van der Waals surface area (Å²) in [6.45, 7) is 5.16. The van der Waals surface area contributed by atoms with E-state index in [4.69, 9.17) is 20.9 Å². The first-order valence-electron chi connectivity index (χ1n) is 22.9. The van der Waals surface area contributed by atoms with Gasteiger partial charge in [-0.2, -0.15) is 9.97 Å². The van der Waals surface area contributed by atoms with Crippen molar-refractivity contribution in [2.24, 2.45) is 5.92 Å². The molecule has 5 aromatic rings. The van der Waals surface area contributed by atoms with Crippen LogP contribution in [0.1, 0.15) is 85.6 Å². The molecule has 0 saturated carbocycles. The van der Waals surface area contributed by atoms with Crippen LogP contribution in [0.15, 0.2) is 54.7 Å². The molecule has 384 valence electrons. The second-order valence-electron chi connectivity index (χ2n) is 16.9. The number of rotatable bonds is 24. The third-order valence-electron chi connectivity index (χ3n) is 11.2. The standard InChI is InChI=1S/C46H54N16O11/c1-23(2)36(54-32(64)10-6-5-7-18-62-34(65)15-16-35(62)66)44(70)51-24(3)41(67)52-26-12-14-27(29(20-26)39-58-60-61-59-39)42(68)49-17-8-9-30(45(71)72-4)53-43(69)28-13-11-25(19-31(28)63)22-73-33-21-50-40-37(55-33)38(47)56-46(48)57-40/h11-16,19-21,23-24,30,36,63H,5-10,17-18,22H2,1-4H3,(H,49,68)(H,51,70)(H,52,67)(H,53,69)(H,54,64)(H,58,59,60,61)(H4,47,48,50,56,57)/t24-,30-,36-/m0/s1. The number of ether oxygens (including phenoxy) is 2. The number of hydrogen-bond donors (Lipinski definition) is 9. The smallest absolute Gasteiger partial charge is 0.328 e. The number of amides is 7. The van der Waals surface area contributed by atoms with Crippen molar-refractivity contribution < 1.29 is 52.9 Å². The first-order chi connectivity index (χ1) is 34.9. The van der Waals surface area contributed by atoms with Crippen LogP contribution in [-0.4, -0.2) is 136 Å². The molecule has 27 heteroatoms. The number of anilines is 3. The van der Waals surface area contributed by atoms with E-state index in [0.29, 0.717) is 24.8 Å². The number of unbranched alkanes of at least 4 members (excludes halogenated alkanes) is 2. The number of carbonyl (C=O) groups is 8. The summed E-state index contributed by atoms with van der Waals surface area (Å²) in [5, 5.41) is 37.9. The second-order valence-corrected chi connectivity index (χ2v) is 16.9. The van der Waals surface area contributed by atoms with Gasteiger partial charge in [0, 0.05) is 42.9 Å². The molecular weight excluding hydrogens is 953 g/mol. The first-order valence-corrected chi connectivity index (χ1v) is 22.9. The van der Waals surface area contributed by atoms with Crippen molar-refractivity contribution in [2.45, 2.75) is 84.0 Å². The molecule has 0 fully saturated rings. The summed E-state index contributed by atoms with van der Waals surface area (Å²) in [6.07, 6.45) is 5.62. The molecule has 6 rings (SSSR count). The Kier molecular flexibility index (Phi) is 17.9. The number of imide groups is 1. The summed E-state index contributed by atoms with van der Waals surface area (Å²) >= 11 is 0. The van der Waals surface area contributed by atoms with Gasteiger partial charge >= 0.3 is 5.97 Å². The fourth-order valence-electron chi connectivity index (χ4n) is 7.32. The van der Waals surface area contributed by atoms with E-state index in [1.165, 1.54) is 61.7 Å². The molecule has 1 aliphatic rings. The van der Waals surface area contributed by atoms with Gasteiger partial charge in [0.15, 0.2) is 22.8 Å². The third kappa shape index (κ3) is 14.2. The van der Waals surface area contributed by atoms with Crippen LogP contribution in [-0.2, 0) is 40.1 Å². The lowest BCUT2D eigenvalue weighted by molar-refractivity contribution is -0.143. The first kappa shape index (κ1) is 53.2. The zero-order valence-electron chi connectivity index (χ0n) is 40.1. The zero-order valence-corrected chi connectivity index (χ0v) is 40.1. The quantitative estimate of drug-likeness (QED) is 0.0232. The molecule has 2 aromatic carbocycles. The number of benzene rings is 2. The Morgan fingerprint density at radius 3 is 2.30 bits per heavy atom. The van der Waals surface area contributed by atoms with Crippen LogP contribution in [0.3, 0.4) is 0 Å². The molecule has 0 radical (unpaired) electrons. The van der Waals surface area contributed by atoms with E-state index in [-0.39, 0.29) is 120 Å². The molecule has 0 aliphatic carbocycles. The number of phenolic OH excluding ortho intramolecular Hbond substituents is 1. The van der Waals surface area contributed by atoms with E-state index in [1.54, 1.807) is 13.8 Å². The number of tetrazole rings is 1. The lowest BCUT2D eigenvalue weighted by Gasteiger charge is -2.24. The van der Waals surface area contributed by atoms with Crippen LogP contribution in [0.2, 0.25) is 0 Å². The Labute approximate surface area is 416 Å². The molecule has 11 N–H and O–H groups in total. The Hall–Kier alpha value is -9.17. The van der Waals surface area contributed by atoms with Gasteiger partial charge in [-0.25, -0.2) is 19.9 Å². The Morgan fingerprint density at radius 2 is 1.60 bits per heavy atom. The minimum atomic E-state index is -1.16. The maximum absolute atomic E-state index is 13.5. The molecule has 27 nitrogen and oxygen atoms in total. The molecule has 7 amide bonds. The van der Waals surface area contributed by atoms with Gasteiger partial charge in [-0.05, 0) is 84.8 Å². The molecule has 73 heavy (non-hydrogen) atoms. The molecule has 0 saturated heterocycles. The van der Waals surface area contributed by atoms with Gasteiger partial charge in [0.2, 0.25) is 29.5 Å². The molecule has 3 atom stereocenters. The van der Waals surface area contributed by atoms with Gasteiger partial charge in [0.25, 0.3) is 23.6 Å². The lowest BCUT2D eigenvalue weighted by Crippen LogP contribution is -2.53. The summed E-state index contributed by atoms with van der Waals surface area (Å²) in [5.74, 6) is -4.99. The maximum Gasteiger partial charge on any atom is 0.328 e. The highest BCUT2D eigenvalue weighted by Gasteiger charge is 2.29. The Bertz CT molecular complexity index is 2900. The van der Waals surface area contributed by atoms with Gasteiger partial charge in [-0.3, -0.25) is 38.5 Å². The van der Waals surface area contributed by atoms with E-state index in [9.17, 15) is 43.5 Å². The van der Waals surface area contributed by atoms with Gasteiger partial charge in [-0.15, -0.1) is 5.10 Å². The van der Waals surface area contributed by atoms with E-state index in [2.05, 4.69) is 67.1 Å². The number of nitrogens with one attached hydrogen (secondary N) is 6. The van der Waals surface area contributed by atoms with Crippen LogP contribution >= 0.6 is 0 Å². The van der Waals surface area contributed by atoms with Crippen molar-refractivity contribution in [1.29, 1.82) is 0 Å². The largest absolute Gasteiger partial charge is 0.507 e. The maximum atomic E-state index is 13.5. The van der Waals surface area contributed by atoms with Crippen LogP contribution in [0.25, 0.3) is 22.6 Å². The van der Waals surface area contributed by atoms with Gasteiger partial charge in [0.05, 0.1) is 24.4 Å². The zero-order chi connectivity index (χ0) is 52.8. The van der Waals surface area contributed by atoms with Crippen molar-refractivity contribution in [1.82, 2.24) is 66.7 Å². The summed E-state index contributed by atoms with van der Waals surface area (Å²) < 4.78 is 10.6. The van der Waals surface area contributed by atoms with Crippen LogP contribution in [0.4, 0.5) is 17.5 Å². The lowest BCUT2D eigenvalue weighted by atomic mass is 10.0. The number of carbonyl (C=O) groups excluding carboxylic acids is 8. The number of nitrogen functional groups attached to an aromatic ring is 2. The second kappa shape index (κ2) is 24.6. The summed E-state index contributed by atoms with van der Waals surface area (Å²) in [7, 11) is 1.15. The van der Waals surface area contributed by atoms with Crippen LogP contribution in [0, 0.1) is 5.92 Å². The fourth-order valence-corrected chi connectivity index (χ4v) is 7.32. The number of methoxy groups -OCH3 is 1. The average Bonchev–Trinajstić information content (AvgIpc) is 4.02. The molecule has 0 unspecified atom stereocenters. The van der Waals surface area contributed by atoms with Crippen molar-refractivity contribution in [3.05, 3.63) is 71.4 Å². The number of nitrogens with zero attached hydrogens (tertiary/aromatic N) is 8. The number of hydrogen-bond acceptors (Lipinski definition) is 20. The van der Waals surface area contributed by atoms with Crippen molar-refractivity contribution in [3.8, 4) is 23.0 Å². The average molecular weight is 1010 g/mol. The van der Waals surface area contributed by atoms with Crippen molar-refractivity contribution in [3.63, 3.8) is 0 Å². The Morgan fingerprint density at radius 1 is 0.849 bits per heavy atom. The topological polar surface area (TPSA) is 397 Å². The number of aromatic amines is 1. The number of nitrogens with two attached hydrogens (primary N) is 2. The predicted molar refractivity (Wildman–Crippen MR) is 258 cm³/mol.